The van der Waals surface area contributed by atoms with E-state index >= 15 is 0 Å². The Kier molecular flexibility index (Phi) is 4.64. The third kappa shape index (κ3) is 2.87. The lowest BCUT2D eigenvalue weighted by Crippen LogP contribution is -2.58. The van der Waals surface area contributed by atoms with Crippen LogP contribution in [0.3, 0.4) is 0 Å². The van der Waals surface area contributed by atoms with Crippen LogP contribution in [0.15, 0.2) is 0 Å². The van der Waals surface area contributed by atoms with E-state index in [0.717, 1.165) is 25.9 Å². The quantitative estimate of drug-likeness (QED) is 0.734. The lowest BCUT2D eigenvalue weighted by molar-refractivity contribution is 0.106. The van der Waals surface area contributed by atoms with Crippen molar-refractivity contribution in [3.8, 4) is 0 Å². The molecule has 2 fully saturated rings. The fraction of sp³-hybridized carbons (Fsp3) is 1.00. The van der Waals surface area contributed by atoms with Crippen LogP contribution < -0.4 is 0 Å². The van der Waals surface area contributed by atoms with Gasteiger partial charge in [0.05, 0.1) is 12.4 Å². The number of ether oxygens (including phenoxy) is 1. The average Bonchev–Trinajstić information content (AvgIpc) is 2.82. The number of piperazine rings is 1. The zero-order valence-electron chi connectivity index (χ0n) is 11.3. The maximum absolute atomic E-state index is 12.3. The van der Waals surface area contributed by atoms with E-state index in [1.54, 1.807) is 11.4 Å². The lowest BCUT2D eigenvalue weighted by atomic mass is 10.1. The van der Waals surface area contributed by atoms with Crippen molar-refractivity contribution >= 4 is 10.0 Å². The summed E-state index contributed by atoms with van der Waals surface area (Å²) in [6.07, 6.45) is 3.22. The van der Waals surface area contributed by atoms with Crippen LogP contribution in [0.2, 0.25) is 0 Å². The molecule has 0 amide bonds. The second-order valence-electron chi connectivity index (χ2n) is 5.23. The van der Waals surface area contributed by atoms with Crippen LogP contribution in [0, 0.1) is 0 Å². The first kappa shape index (κ1) is 14.2. The van der Waals surface area contributed by atoms with Gasteiger partial charge in [-0.05, 0) is 25.8 Å². The summed E-state index contributed by atoms with van der Waals surface area (Å²) in [7, 11) is -1.62. The minimum Gasteiger partial charge on any atom is -0.384 e. The monoisotopic (exact) mass is 276 g/mol. The predicted molar refractivity (Wildman–Crippen MR) is 71.0 cm³/mol. The molecule has 0 aliphatic carbocycles. The van der Waals surface area contributed by atoms with Crippen molar-refractivity contribution in [2.45, 2.75) is 38.3 Å². The van der Waals surface area contributed by atoms with Gasteiger partial charge in [0.1, 0.15) is 0 Å². The summed E-state index contributed by atoms with van der Waals surface area (Å²) in [4.78, 5) is 2.45. The zero-order valence-corrected chi connectivity index (χ0v) is 12.2. The molecule has 18 heavy (non-hydrogen) atoms. The molecule has 0 bridgehead atoms. The molecule has 2 saturated heterocycles. The van der Waals surface area contributed by atoms with Crippen LogP contribution in [0.5, 0.6) is 0 Å². The third-order valence-corrected chi connectivity index (χ3v) is 5.96. The van der Waals surface area contributed by atoms with Gasteiger partial charge in [-0.1, -0.05) is 6.92 Å². The van der Waals surface area contributed by atoms with E-state index < -0.39 is 10.0 Å². The minimum absolute atomic E-state index is 0.104. The molecule has 2 heterocycles. The largest absolute Gasteiger partial charge is 0.384 e. The van der Waals surface area contributed by atoms with Crippen LogP contribution in [-0.2, 0) is 14.8 Å². The Morgan fingerprint density at radius 2 is 2.11 bits per heavy atom. The topological polar surface area (TPSA) is 49.9 Å². The second kappa shape index (κ2) is 5.86. The third-order valence-electron chi connectivity index (χ3n) is 4.12. The highest BCUT2D eigenvalue weighted by atomic mass is 32.2. The van der Waals surface area contributed by atoms with Crippen molar-refractivity contribution in [2.24, 2.45) is 0 Å². The smallest absolute Gasteiger partial charge is 0.216 e. The molecule has 0 aromatic carbocycles. The van der Waals surface area contributed by atoms with E-state index in [0.29, 0.717) is 12.6 Å². The normalized spacial score (nSPS) is 30.6. The molecular weight excluding hydrogens is 252 g/mol. The van der Waals surface area contributed by atoms with Gasteiger partial charge in [-0.2, -0.15) is 4.31 Å². The van der Waals surface area contributed by atoms with E-state index in [9.17, 15) is 8.42 Å². The van der Waals surface area contributed by atoms with Gasteiger partial charge in [0.25, 0.3) is 0 Å². The van der Waals surface area contributed by atoms with Crippen LogP contribution in [0.25, 0.3) is 0 Å². The lowest BCUT2D eigenvalue weighted by Gasteiger charge is -2.42. The molecule has 5 nitrogen and oxygen atoms in total. The Morgan fingerprint density at radius 3 is 2.78 bits per heavy atom. The molecule has 2 aliphatic rings. The van der Waals surface area contributed by atoms with Crippen LogP contribution in [-0.4, -0.2) is 68.8 Å². The molecule has 0 spiro atoms. The van der Waals surface area contributed by atoms with Gasteiger partial charge in [-0.25, -0.2) is 8.42 Å². The standard InChI is InChI=1S/C12H24N2O3S/c1-3-11-9-13-6-4-5-12(13)10-14(11)18(15,16)8-7-17-2/h11-12H,3-10H2,1-2H3/t11-,12+/m0/s1. The van der Waals surface area contributed by atoms with Gasteiger partial charge >= 0.3 is 0 Å². The number of rotatable bonds is 5. The number of methoxy groups -OCH3 is 1. The van der Waals surface area contributed by atoms with Crippen LogP contribution >= 0.6 is 0 Å². The van der Waals surface area contributed by atoms with Crippen molar-refractivity contribution in [3.63, 3.8) is 0 Å². The predicted octanol–water partition coefficient (Wildman–Crippen LogP) is 0.521. The van der Waals surface area contributed by atoms with Gasteiger partial charge in [0.15, 0.2) is 0 Å². The Labute approximate surface area is 110 Å². The molecule has 0 N–H and O–H groups in total. The summed E-state index contributed by atoms with van der Waals surface area (Å²) < 4.78 is 31.3. The van der Waals surface area contributed by atoms with Gasteiger partial charge < -0.3 is 4.74 Å². The highest BCUT2D eigenvalue weighted by molar-refractivity contribution is 7.89. The summed E-state index contributed by atoms with van der Waals surface area (Å²) >= 11 is 0. The number of hydrogen-bond acceptors (Lipinski definition) is 4. The van der Waals surface area contributed by atoms with E-state index in [-0.39, 0.29) is 18.4 Å². The highest BCUT2D eigenvalue weighted by Crippen LogP contribution is 2.27. The van der Waals surface area contributed by atoms with Gasteiger partial charge in [-0.3, -0.25) is 4.90 Å². The summed E-state index contributed by atoms with van der Waals surface area (Å²) in [5, 5.41) is 0. The van der Waals surface area contributed by atoms with E-state index in [4.69, 9.17) is 4.74 Å². The van der Waals surface area contributed by atoms with Gasteiger partial charge in [0, 0.05) is 32.3 Å². The first-order valence-corrected chi connectivity index (χ1v) is 8.42. The van der Waals surface area contributed by atoms with E-state index in [1.165, 1.54) is 6.42 Å². The molecule has 0 aromatic rings. The molecule has 0 radical (unpaired) electrons. The Morgan fingerprint density at radius 1 is 1.33 bits per heavy atom. The average molecular weight is 276 g/mol. The first-order chi connectivity index (χ1) is 8.58. The van der Waals surface area contributed by atoms with E-state index in [1.807, 2.05) is 0 Å². The van der Waals surface area contributed by atoms with Crippen molar-refractivity contribution in [3.05, 3.63) is 0 Å². The molecule has 0 unspecified atom stereocenters. The van der Waals surface area contributed by atoms with Crippen LogP contribution in [0.1, 0.15) is 26.2 Å². The molecule has 6 heteroatoms. The zero-order chi connectivity index (χ0) is 13.2. The van der Waals surface area contributed by atoms with Gasteiger partial charge in [0.2, 0.25) is 10.0 Å². The number of nitrogens with zero attached hydrogens (tertiary/aromatic N) is 2. The fourth-order valence-electron chi connectivity index (χ4n) is 3.04. The maximum atomic E-state index is 12.3. The van der Waals surface area contributed by atoms with Crippen molar-refractivity contribution in [2.75, 3.05) is 39.1 Å². The highest BCUT2D eigenvalue weighted by Gasteiger charge is 2.40. The number of hydrogen-bond donors (Lipinski definition) is 0. The van der Waals surface area contributed by atoms with Crippen molar-refractivity contribution < 1.29 is 13.2 Å². The maximum Gasteiger partial charge on any atom is 0.216 e. The minimum atomic E-state index is -3.16. The van der Waals surface area contributed by atoms with Crippen molar-refractivity contribution in [1.82, 2.24) is 9.21 Å². The molecule has 2 rings (SSSR count). The van der Waals surface area contributed by atoms with E-state index in [2.05, 4.69) is 11.8 Å². The summed E-state index contributed by atoms with van der Waals surface area (Å²) in [5.41, 5.74) is 0. The SMILES string of the molecule is CC[C@H]1CN2CCC[C@@H]2CN1S(=O)(=O)CCOC. The summed E-state index contributed by atoms with van der Waals surface area (Å²) in [6.45, 7) is 5.05. The first-order valence-electron chi connectivity index (χ1n) is 6.81. The summed E-state index contributed by atoms with van der Waals surface area (Å²) in [6, 6.07) is 0.575. The molecule has 0 aromatic heterocycles. The molecule has 0 saturated carbocycles. The Balaban J connectivity index is 2.09. The number of fused-ring (bicyclic) bond motifs is 1. The molecule has 106 valence electrons. The van der Waals surface area contributed by atoms with Crippen molar-refractivity contribution in [1.29, 1.82) is 0 Å². The van der Waals surface area contributed by atoms with Crippen LogP contribution in [0.4, 0.5) is 0 Å². The molecular formula is C12H24N2O3S. The number of sulfonamides is 1. The Hall–Kier alpha value is -0.170. The summed E-state index contributed by atoms with van der Waals surface area (Å²) in [5.74, 6) is 0.104. The van der Waals surface area contributed by atoms with Gasteiger partial charge in [-0.15, -0.1) is 0 Å². The fourth-order valence-corrected chi connectivity index (χ4v) is 4.72. The Bertz CT molecular complexity index is 372. The second-order valence-corrected chi connectivity index (χ2v) is 7.27. The molecule has 2 atom stereocenters. The molecule has 2 aliphatic heterocycles.